The molecule has 0 heterocycles. The summed E-state index contributed by atoms with van der Waals surface area (Å²) in [5, 5.41) is 35.2. The van der Waals surface area contributed by atoms with Gasteiger partial charge >= 0.3 is 0 Å². The van der Waals surface area contributed by atoms with Crippen LogP contribution >= 0.6 is 0 Å². The molecule has 36 heavy (non-hydrogen) atoms. The number of phenols is 1. The van der Waals surface area contributed by atoms with Crippen molar-refractivity contribution in [1.29, 1.82) is 5.53 Å². The summed E-state index contributed by atoms with van der Waals surface area (Å²) >= 11 is 0. The zero-order valence-electron chi connectivity index (χ0n) is 20.4. The zero-order chi connectivity index (χ0) is 25.7. The van der Waals surface area contributed by atoms with Crippen molar-refractivity contribution >= 4 is 39.2 Å². The molecule has 0 atom stereocenters. The number of nitrogen functional groups attached to an aromatic ring is 1. The molecular weight excluding hydrogens is 452 g/mol. The number of nitrogens with two attached hydrogens (primary N) is 1. The van der Waals surface area contributed by atoms with Gasteiger partial charge in [-0.2, -0.15) is 20.5 Å². The second-order valence-corrected chi connectivity index (χ2v) is 8.49. The number of nitrogens with zero attached hydrogens (tertiary/aromatic N) is 5. The number of azo groups is 2. The van der Waals surface area contributed by atoms with Gasteiger partial charge in [-0.25, -0.2) is 5.53 Å². The van der Waals surface area contributed by atoms with E-state index in [0.29, 0.717) is 34.6 Å². The molecule has 0 saturated carbocycles. The van der Waals surface area contributed by atoms with E-state index in [2.05, 4.69) is 30.9 Å². The van der Waals surface area contributed by atoms with Crippen molar-refractivity contribution < 1.29 is 5.11 Å². The van der Waals surface area contributed by atoms with Gasteiger partial charge in [-0.1, -0.05) is 24.3 Å². The summed E-state index contributed by atoms with van der Waals surface area (Å²) in [5.41, 5.74) is 20.1. The van der Waals surface area contributed by atoms with Gasteiger partial charge in [0.05, 0.1) is 22.4 Å². The molecule has 9 heteroatoms. The van der Waals surface area contributed by atoms with E-state index in [1.54, 1.807) is 14.0 Å². The molecule has 0 radical (unpaired) electrons. The first-order chi connectivity index (χ1) is 17.4. The fraction of sp³-hybridized carbons (Fsp3) is 0.185. The Morgan fingerprint density at radius 3 is 1.86 bits per heavy atom. The average Bonchev–Trinajstić information content (AvgIpc) is 2.86. The first kappa shape index (κ1) is 24.6. The molecule has 0 aromatic heterocycles. The normalized spacial score (nSPS) is 11.6. The third-order valence-electron chi connectivity index (χ3n) is 5.89. The molecule has 0 aliphatic heterocycles. The van der Waals surface area contributed by atoms with Crippen molar-refractivity contribution in [3.8, 4) is 5.75 Å². The fourth-order valence-electron chi connectivity index (χ4n) is 4.05. The topological polar surface area (TPSA) is 144 Å². The highest BCUT2D eigenvalue weighted by atomic mass is 16.3. The van der Waals surface area contributed by atoms with E-state index in [4.69, 9.17) is 11.3 Å². The minimum atomic E-state index is -0.117. The molecule has 0 bridgehead atoms. The Hall–Kier alpha value is -4.50. The van der Waals surface area contributed by atoms with Crippen LogP contribution in [0.3, 0.4) is 0 Å². The third kappa shape index (κ3) is 5.26. The number of rotatable bonds is 8. The number of fused-ring (bicyclic) bond motifs is 1. The predicted octanol–water partition coefficient (Wildman–Crippen LogP) is 7.83. The largest absolute Gasteiger partial charge is 0.505 e. The van der Waals surface area contributed by atoms with Crippen LogP contribution in [-0.4, -0.2) is 12.2 Å². The molecule has 0 aliphatic carbocycles. The van der Waals surface area contributed by atoms with Gasteiger partial charge in [-0.15, -0.1) is 5.11 Å². The van der Waals surface area contributed by atoms with Crippen LogP contribution in [0, 0.1) is 19.4 Å². The smallest absolute Gasteiger partial charge is 0.153 e. The molecule has 0 amide bonds. The molecule has 5 N–H and O–H groups in total. The molecule has 4 rings (SSSR count). The van der Waals surface area contributed by atoms with Gasteiger partial charge < -0.3 is 16.2 Å². The maximum Gasteiger partial charge on any atom is 0.153 e. The van der Waals surface area contributed by atoms with E-state index >= 15 is 0 Å². The number of phenolic OH excluding ortho intramolecular Hbond substituents is 1. The Balaban J connectivity index is 1.45. The Bertz CT molecular complexity index is 1460. The van der Waals surface area contributed by atoms with Crippen molar-refractivity contribution in [2.24, 2.45) is 25.6 Å². The summed E-state index contributed by atoms with van der Waals surface area (Å²) in [5.74, 6) is -0.117. The van der Waals surface area contributed by atoms with Gasteiger partial charge in [0, 0.05) is 20.1 Å². The van der Waals surface area contributed by atoms with E-state index in [0.717, 1.165) is 28.7 Å². The number of benzene rings is 4. The molecule has 0 fully saturated rings. The van der Waals surface area contributed by atoms with Gasteiger partial charge in [0.25, 0.3) is 0 Å². The van der Waals surface area contributed by atoms with Crippen molar-refractivity contribution in [1.82, 2.24) is 5.32 Å². The molecule has 0 spiro atoms. The summed E-state index contributed by atoms with van der Waals surface area (Å²) in [6.07, 6.45) is 0. The summed E-state index contributed by atoms with van der Waals surface area (Å²) in [6, 6.07) is 19.5. The number of nitrogens with one attached hydrogen (secondary N) is 2. The highest BCUT2D eigenvalue weighted by molar-refractivity contribution is 6.06. The van der Waals surface area contributed by atoms with Crippen molar-refractivity contribution in [3.63, 3.8) is 0 Å². The van der Waals surface area contributed by atoms with Gasteiger partial charge in [-0.3, -0.25) is 0 Å². The van der Waals surface area contributed by atoms with Crippen LogP contribution in [0.4, 0.5) is 28.4 Å². The lowest BCUT2D eigenvalue weighted by Crippen LogP contribution is -2.12. The Kier molecular flexibility index (Phi) is 7.41. The Morgan fingerprint density at radius 2 is 1.33 bits per heavy atom. The third-order valence-corrected chi connectivity index (χ3v) is 5.89. The summed E-state index contributed by atoms with van der Waals surface area (Å²) in [6.45, 7) is 5.15. The number of hydrogen-bond acceptors (Lipinski definition) is 9. The summed E-state index contributed by atoms with van der Waals surface area (Å²) in [4.78, 5) is 0. The van der Waals surface area contributed by atoms with E-state index < -0.39 is 0 Å². The van der Waals surface area contributed by atoms with Crippen molar-refractivity contribution in [2.75, 3.05) is 12.8 Å². The molecule has 4 aromatic carbocycles. The molecule has 0 unspecified atom stereocenters. The minimum Gasteiger partial charge on any atom is -0.505 e. The number of aryl methyl sites for hydroxylation is 2. The van der Waals surface area contributed by atoms with Crippen LogP contribution in [-0.2, 0) is 13.1 Å². The lowest BCUT2D eigenvalue weighted by molar-refractivity contribution is 0.482. The average molecular weight is 481 g/mol. The van der Waals surface area contributed by atoms with Crippen LogP contribution in [0.2, 0.25) is 0 Å². The lowest BCUT2D eigenvalue weighted by atomic mass is 9.99. The van der Waals surface area contributed by atoms with Gasteiger partial charge in [0.1, 0.15) is 11.4 Å². The zero-order valence-corrected chi connectivity index (χ0v) is 20.4. The molecule has 182 valence electrons. The number of anilines is 1. The van der Waals surface area contributed by atoms with Crippen LogP contribution in [0.5, 0.6) is 5.75 Å². The van der Waals surface area contributed by atoms with E-state index in [1.165, 1.54) is 5.56 Å². The van der Waals surface area contributed by atoms with E-state index in [-0.39, 0.29) is 11.4 Å². The number of aromatic hydroxyl groups is 1. The lowest BCUT2D eigenvalue weighted by Gasteiger charge is -2.13. The van der Waals surface area contributed by atoms with Crippen LogP contribution in [0.15, 0.2) is 86.2 Å². The first-order valence-corrected chi connectivity index (χ1v) is 11.4. The van der Waals surface area contributed by atoms with Crippen LogP contribution < -0.4 is 11.1 Å². The predicted molar refractivity (Wildman–Crippen MR) is 142 cm³/mol. The van der Waals surface area contributed by atoms with Gasteiger partial charge in [0.2, 0.25) is 0 Å². The quantitative estimate of drug-likeness (QED) is 0.151. The van der Waals surface area contributed by atoms with E-state index in [9.17, 15) is 5.11 Å². The monoisotopic (exact) mass is 480 g/mol. The van der Waals surface area contributed by atoms with Gasteiger partial charge in [0.15, 0.2) is 5.75 Å². The van der Waals surface area contributed by atoms with Gasteiger partial charge in [-0.05, 0) is 77.9 Å². The van der Waals surface area contributed by atoms with Crippen LogP contribution in [0.25, 0.3) is 10.8 Å². The fourth-order valence-corrected chi connectivity index (χ4v) is 4.05. The standard InChI is InChI=1S/C27H28N8O/c1-16-12-20-13-17(2)26(32-29)27(36)23(20)24(28)25(16)35-34-22-10-6-19(7-11-22)15-31-14-18-4-8-21(9-5-18)33-30-3/h4-13,29,31,36H,14-15,28H2,1-3H3. The Labute approximate surface area is 209 Å². The maximum absolute atomic E-state index is 10.6. The minimum absolute atomic E-state index is 0.117. The maximum atomic E-state index is 10.6. The van der Waals surface area contributed by atoms with E-state index in [1.807, 2.05) is 67.6 Å². The van der Waals surface area contributed by atoms with Crippen molar-refractivity contribution in [3.05, 3.63) is 82.9 Å². The SMILES string of the molecule is CN=Nc1ccc(CNCc2ccc(N=Nc3c(C)cc4cc(C)c(N=N)c(O)c4c3N)cc2)cc1. The summed E-state index contributed by atoms with van der Waals surface area (Å²) in [7, 11) is 1.65. The highest BCUT2D eigenvalue weighted by Crippen LogP contribution is 2.45. The molecular formula is C27H28N8O. The summed E-state index contributed by atoms with van der Waals surface area (Å²) < 4.78 is 0. The Morgan fingerprint density at radius 1 is 0.806 bits per heavy atom. The first-order valence-electron chi connectivity index (χ1n) is 11.4. The molecule has 9 nitrogen and oxygen atoms in total. The molecule has 0 saturated heterocycles. The molecule has 0 aliphatic rings. The molecule has 4 aromatic rings. The second-order valence-electron chi connectivity index (χ2n) is 8.49. The van der Waals surface area contributed by atoms with Crippen molar-refractivity contribution in [2.45, 2.75) is 26.9 Å². The second kappa shape index (κ2) is 10.8. The highest BCUT2D eigenvalue weighted by Gasteiger charge is 2.16. The number of hydrogen-bond donors (Lipinski definition) is 4. The van der Waals surface area contributed by atoms with Crippen LogP contribution in [0.1, 0.15) is 22.3 Å².